The van der Waals surface area contributed by atoms with E-state index in [0.29, 0.717) is 23.9 Å². The SMILES string of the molecule is CC(=O)c1ccc(S(=O)(=O)N2CCSC(c3ccccc3C)CC2)cc1. The molecular formula is C20H23NO3S2. The monoisotopic (exact) mass is 389 g/mol. The van der Waals surface area contributed by atoms with Crippen LogP contribution in [0.5, 0.6) is 0 Å². The molecule has 0 amide bonds. The van der Waals surface area contributed by atoms with Gasteiger partial charge >= 0.3 is 0 Å². The zero-order valence-electron chi connectivity index (χ0n) is 15.0. The van der Waals surface area contributed by atoms with Crippen LogP contribution in [0, 0.1) is 6.92 Å². The van der Waals surface area contributed by atoms with Crippen molar-refractivity contribution in [3.63, 3.8) is 0 Å². The summed E-state index contributed by atoms with van der Waals surface area (Å²) < 4.78 is 27.5. The van der Waals surface area contributed by atoms with Crippen LogP contribution in [0.4, 0.5) is 0 Å². The predicted octanol–water partition coefficient (Wildman–Crippen LogP) is 4.07. The molecule has 1 atom stereocenters. The van der Waals surface area contributed by atoms with Crippen molar-refractivity contribution in [3.8, 4) is 0 Å². The fourth-order valence-electron chi connectivity index (χ4n) is 3.20. The fourth-order valence-corrected chi connectivity index (χ4v) is 6.10. The van der Waals surface area contributed by atoms with Crippen molar-refractivity contribution in [3.05, 3.63) is 65.2 Å². The van der Waals surface area contributed by atoms with Gasteiger partial charge in [0.2, 0.25) is 10.0 Å². The number of carbonyl (C=O) groups is 1. The first-order valence-corrected chi connectivity index (χ1v) is 11.2. The van der Waals surface area contributed by atoms with Gasteiger partial charge in [0.1, 0.15) is 0 Å². The van der Waals surface area contributed by atoms with Crippen molar-refractivity contribution in [2.75, 3.05) is 18.8 Å². The van der Waals surface area contributed by atoms with Gasteiger partial charge in [-0.1, -0.05) is 36.4 Å². The van der Waals surface area contributed by atoms with Crippen LogP contribution in [0.3, 0.4) is 0 Å². The minimum atomic E-state index is -3.53. The average molecular weight is 390 g/mol. The lowest BCUT2D eigenvalue weighted by molar-refractivity contribution is 0.101. The molecule has 3 rings (SSSR count). The first-order valence-electron chi connectivity index (χ1n) is 8.68. The van der Waals surface area contributed by atoms with Crippen molar-refractivity contribution < 1.29 is 13.2 Å². The number of nitrogens with zero attached hydrogens (tertiary/aromatic N) is 1. The maximum atomic E-state index is 13.0. The number of rotatable bonds is 4. The quantitative estimate of drug-likeness (QED) is 0.740. The smallest absolute Gasteiger partial charge is 0.243 e. The molecule has 1 saturated heterocycles. The highest BCUT2D eigenvalue weighted by atomic mass is 32.2. The van der Waals surface area contributed by atoms with E-state index in [1.54, 1.807) is 16.4 Å². The molecule has 1 heterocycles. The van der Waals surface area contributed by atoms with Crippen LogP contribution in [0.25, 0.3) is 0 Å². The molecule has 0 spiro atoms. The van der Waals surface area contributed by atoms with Crippen molar-refractivity contribution >= 4 is 27.6 Å². The van der Waals surface area contributed by atoms with E-state index in [2.05, 4.69) is 19.1 Å². The second-order valence-electron chi connectivity index (χ2n) is 6.49. The van der Waals surface area contributed by atoms with E-state index in [1.165, 1.54) is 30.2 Å². The molecule has 6 heteroatoms. The van der Waals surface area contributed by atoms with Gasteiger partial charge in [0.15, 0.2) is 5.78 Å². The number of Topliss-reactive ketones (excluding diaryl/α,β-unsaturated/α-hetero) is 1. The molecule has 1 unspecified atom stereocenters. The molecule has 0 saturated carbocycles. The lowest BCUT2D eigenvalue weighted by atomic mass is 10.0. The molecule has 0 bridgehead atoms. The number of thioether (sulfide) groups is 1. The topological polar surface area (TPSA) is 54.5 Å². The molecule has 1 fully saturated rings. The summed E-state index contributed by atoms with van der Waals surface area (Å²) in [5, 5.41) is 0.316. The Kier molecular flexibility index (Phi) is 5.85. The Morgan fingerprint density at radius 2 is 1.77 bits per heavy atom. The molecule has 26 heavy (non-hydrogen) atoms. The van der Waals surface area contributed by atoms with Crippen molar-refractivity contribution in [2.24, 2.45) is 0 Å². The number of ketones is 1. The summed E-state index contributed by atoms with van der Waals surface area (Å²) in [7, 11) is -3.53. The summed E-state index contributed by atoms with van der Waals surface area (Å²) in [4.78, 5) is 11.6. The summed E-state index contributed by atoms with van der Waals surface area (Å²) in [6, 6.07) is 14.5. The van der Waals surface area contributed by atoms with E-state index >= 15 is 0 Å². The van der Waals surface area contributed by atoms with E-state index in [-0.39, 0.29) is 10.7 Å². The van der Waals surface area contributed by atoms with Crippen LogP contribution in [0.15, 0.2) is 53.4 Å². The number of sulfonamides is 1. The van der Waals surface area contributed by atoms with E-state index in [9.17, 15) is 13.2 Å². The molecular weight excluding hydrogens is 366 g/mol. The van der Waals surface area contributed by atoms with Crippen LogP contribution in [-0.2, 0) is 10.0 Å². The van der Waals surface area contributed by atoms with Gasteiger partial charge in [0.25, 0.3) is 0 Å². The molecule has 1 aliphatic rings. The lowest BCUT2D eigenvalue weighted by Gasteiger charge is -2.20. The normalized spacial score (nSPS) is 19.1. The maximum absolute atomic E-state index is 13.0. The largest absolute Gasteiger partial charge is 0.295 e. The van der Waals surface area contributed by atoms with Crippen molar-refractivity contribution in [1.29, 1.82) is 0 Å². The molecule has 0 aromatic heterocycles. The standard InChI is InChI=1S/C20H23NO3S2/c1-15-5-3-4-6-19(15)20-11-12-21(13-14-25-20)26(23,24)18-9-7-17(8-10-18)16(2)22/h3-10,20H,11-14H2,1-2H3. The summed E-state index contributed by atoms with van der Waals surface area (Å²) in [6.45, 7) is 4.58. The molecule has 2 aromatic carbocycles. The fraction of sp³-hybridized carbons (Fsp3) is 0.350. The molecule has 0 aliphatic carbocycles. The molecule has 2 aromatic rings. The van der Waals surface area contributed by atoms with E-state index < -0.39 is 10.0 Å². The first kappa shape index (κ1) is 19.1. The van der Waals surface area contributed by atoms with Gasteiger partial charge in [0.05, 0.1) is 4.90 Å². The second kappa shape index (κ2) is 7.94. The second-order valence-corrected chi connectivity index (χ2v) is 9.74. The third-order valence-corrected chi connectivity index (χ3v) is 7.96. The number of benzene rings is 2. The van der Waals surface area contributed by atoms with Gasteiger partial charge in [-0.15, -0.1) is 0 Å². The predicted molar refractivity (Wildman–Crippen MR) is 106 cm³/mol. The molecule has 0 N–H and O–H groups in total. The first-order chi connectivity index (χ1) is 12.4. The molecule has 138 valence electrons. The van der Waals surface area contributed by atoms with E-state index in [4.69, 9.17) is 0 Å². The molecule has 4 nitrogen and oxygen atoms in total. The number of hydrogen-bond acceptors (Lipinski definition) is 4. The maximum Gasteiger partial charge on any atom is 0.243 e. The van der Waals surface area contributed by atoms with Crippen LogP contribution in [-0.4, -0.2) is 37.3 Å². The minimum Gasteiger partial charge on any atom is -0.295 e. The summed E-state index contributed by atoms with van der Waals surface area (Å²) in [5.74, 6) is 0.699. The van der Waals surface area contributed by atoms with Crippen molar-refractivity contribution in [2.45, 2.75) is 30.4 Å². The Labute approximate surface area is 159 Å². The summed E-state index contributed by atoms with van der Waals surface area (Å²) in [5.41, 5.74) is 3.07. The van der Waals surface area contributed by atoms with Gasteiger partial charge in [-0.3, -0.25) is 4.79 Å². The average Bonchev–Trinajstić information content (AvgIpc) is 2.89. The Morgan fingerprint density at radius 1 is 1.08 bits per heavy atom. The van der Waals surface area contributed by atoms with Gasteiger partial charge in [-0.2, -0.15) is 16.1 Å². The Hall–Kier alpha value is -1.63. The number of carbonyl (C=O) groups excluding carboxylic acids is 1. The third-order valence-electron chi connectivity index (χ3n) is 4.73. The minimum absolute atomic E-state index is 0.0683. The van der Waals surface area contributed by atoms with E-state index in [0.717, 1.165) is 12.2 Å². The summed E-state index contributed by atoms with van der Waals surface area (Å²) >= 11 is 1.82. The number of aryl methyl sites for hydroxylation is 1. The molecule has 0 radical (unpaired) electrons. The third kappa shape index (κ3) is 4.03. The van der Waals surface area contributed by atoms with Crippen molar-refractivity contribution in [1.82, 2.24) is 4.31 Å². The highest BCUT2D eigenvalue weighted by Crippen LogP contribution is 2.36. The Morgan fingerprint density at radius 3 is 2.42 bits per heavy atom. The summed E-state index contributed by atoms with van der Waals surface area (Å²) in [6.07, 6.45) is 0.792. The van der Waals surface area contributed by atoms with Crippen LogP contribution >= 0.6 is 11.8 Å². The lowest BCUT2D eigenvalue weighted by Crippen LogP contribution is -2.33. The van der Waals surface area contributed by atoms with Crippen LogP contribution in [0.2, 0.25) is 0 Å². The van der Waals surface area contributed by atoms with Crippen LogP contribution < -0.4 is 0 Å². The van der Waals surface area contributed by atoms with Gasteiger partial charge < -0.3 is 0 Å². The highest BCUT2D eigenvalue weighted by molar-refractivity contribution is 7.99. The van der Waals surface area contributed by atoms with E-state index in [1.807, 2.05) is 23.9 Å². The zero-order chi connectivity index (χ0) is 18.7. The highest BCUT2D eigenvalue weighted by Gasteiger charge is 2.28. The van der Waals surface area contributed by atoms with Crippen LogP contribution in [0.1, 0.15) is 40.1 Å². The number of hydrogen-bond donors (Lipinski definition) is 0. The Bertz CT molecular complexity index is 892. The van der Waals surface area contributed by atoms with Gasteiger partial charge in [-0.25, -0.2) is 8.42 Å². The Balaban J connectivity index is 1.77. The zero-order valence-corrected chi connectivity index (χ0v) is 16.6. The van der Waals surface area contributed by atoms with Gasteiger partial charge in [0, 0.05) is 29.7 Å². The van der Waals surface area contributed by atoms with Gasteiger partial charge in [-0.05, 0) is 43.5 Å². The molecule has 1 aliphatic heterocycles.